The lowest BCUT2D eigenvalue weighted by atomic mass is 10.1. The first kappa shape index (κ1) is 30.7. The van der Waals surface area contributed by atoms with Crippen molar-refractivity contribution in [2.24, 2.45) is 11.7 Å². The quantitative estimate of drug-likeness (QED) is 0.148. The van der Waals surface area contributed by atoms with Crippen molar-refractivity contribution in [1.29, 1.82) is 0 Å². The van der Waals surface area contributed by atoms with Crippen molar-refractivity contribution >= 4 is 29.4 Å². The van der Waals surface area contributed by atoms with Crippen LogP contribution in [0.1, 0.15) is 36.2 Å². The Balaban J connectivity index is 1.61. The van der Waals surface area contributed by atoms with Gasteiger partial charge in [0.25, 0.3) is 5.91 Å². The predicted octanol–water partition coefficient (Wildman–Crippen LogP) is 3.55. The fourth-order valence-corrected chi connectivity index (χ4v) is 3.46. The number of hydrogen-bond donors (Lipinski definition) is 5. The zero-order valence-electron chi connectivity index (χ0n) is 23.1. The lowest BCUT2D eigenvalue weighted by Gasteiger charge is -2.13. The van der Waals surface area contributed by atoms with Gasteiger partial charge in [0.15, 0.2) is 0 Å². The van der Waals surface area contributed by atoms with Crippen LogP contribution < -0.4 is 27.0 Å². The summed E-state index contributed by atoms with van der Waals surface area (Å²) in [5.74, 6) is 1.10. The predicted molar refractivity (Wildman–Crippen MR) is 154 cm³/mol. The minimum absolute atomic E-state index is 0.222. The van der Waals surface area contributed by atoms with Crippen molar-refractivity contribution < 1.29 is 18.7 Å². The summed E-state index contributed by atoms with van der Waals surface area (Å²) in [5, 5.41) is 12.4. The van der Waals surface area contributed by atoms with E-state index in [1.807, 2.05) is 6.07 Å². The van der Waals surface area contributed by atoms with Crippen molar-refractivity contribution in [1.82, 2.24) is 20.3 Å². The number of nitrogens with two attached hydrogens (primary N) is 1. The number of aromatic nitrogens is 3. The Kier molecular flexibility index (Phi) is 13.0. The number of carbonyl (C=O) groups is 1. The molecule has 6 N–H and O–H groups in total. The molecule has 0 aliphatic rings. The highest BCUT2D eigenvalue weighted by Crippen LogP contribution is 2.18. The number of hydrogen-bond acceptors (Lipinski definition) is 10. The first-order valence-electron chi connectivity index (χ1n) is 13.4. The molecule has 216 valence electrons. The van der Waals surface area contributed by atoms with Crippen LogP contribution in [-0.2, 0) is 16.0 Å². The summed E-state index contributed by atoms with van der Waals surface area (Å²) < 4.78 is 23.9. The van der Waals surface area contributed by atoms with Gasteiger partial charge in [0.1, 0.15) is 5.82 Å². The number of benzene rings is 2. The van der Waals surface area contributed by atoms with E-state index < -0.39 is 0 Å². The molecule has 1 heterocycles. The molecule has 40 heavy (non-hydrogen) atoms. The van der Waals surface area contributed by atoms with Crippen LogP contribution in [0, 0.1) is 11.7 Å². The molecule has 0 spiro atoms. The number of nitrogens with one attached hydrogen (secondary N) is 4. The lowest BCUT2D eigenvalue weighted by molar-refractivity contribution is 0.0511. The van der Waals surface area contributed by atoms with E-state index in [0.29, 0.717) is 87.6 Å². The summed E-state index contributed by atoms with van der Waals surface area (Å²) in [6.45, 7) is 8.04. The van der Waals surface area contributed by atoms with Gasteiger partial charge in [0, 0.05) is 37.4 Å². The fourth-order valence-electron chi connectivity index (χ4n) is 3.46. The van der Waals surface area contributed by atoms with E-state index in [1.54, 1.807) is 30.3 Å². The SMILES string of the molecule is CC(C)CCNc1nc(NCc2ccc(F)cc2)nc(Nc2cccc(C(=O)NCCOCCOCCN)c2)n1. The van der Waals surface area contributed by atoms with Gasteiger partial charge in [-0.05, 0) is 48.2 Å². The molecule has 3 aromatic rings. The molecule has 3 rings (SSSR count). The number of anilines is 4. The maximum absolute atomic E-state index is 13.2. The first-order chi connectivity index (χ1) is 19.4. The number of rotatable bonds is 18. The smallest absolute Gasteiger partial charge is 0.251 e. The third-order valence-corrected chi connectivity index (χ3v) is 5.55. The molecule has 2 aromatic carbocycles. The van der Waals surface area contributed by atoms with E-state index in [1.165, 1.54) is 12.1 Å². The van der Waals surface area contributed by atoms with Gasteiger partial charge in [-0.3, -0.25) is 4.79 Å². The zero-order valence-corrected chi connectivity index (χ0v) is 23.1. The second-order valence-electron chi connectivity index (χ2n) is 9.37. The standard InChI is InChI=1S/C28H39FN8O3/c1-20(2)10-12-32-26-35-27(33-19-21-6-8-23(29)9-7-21)37-28(36-26)34-24-5-3-4-22(18-24)25(38)31-13-15-40-17-16-39-14-11-30/h3-9,18,20H,10-17,19,30H2,1-2H3,(H,31,38)(H3,32,33,34,35,36,37). The summed E-state index contributed by atoms with van der Waals surface area (Å²) in [6, 6.07) is 13.3. The molecule has 1 aromatic heterocycles. The topological polar surface area (TPSA) is 148 Å². The molecule has 0 aliphatic heterocycles. The van der Waals surface area contributed by atoms with Crippen LogP contribution in [0.25, 0.3) is 0 Å². The van der Waals surface area contributed by atoms with E-state index in [4.69, 9.17) is 15.2 Å². The lowest BCUT2D eigenvalue weighted by Crippen LogP contribution is -2.27. The monoisotopic (exact) mass is 554 g/mol. The molecule has 0 radical (unpaired) electrons. The Labute approximate surface area is 234 Å². The minimum atomic E-state index is -0.291. The number of amides is 1. The Morgan fingerprint density at radius 3 is 2.33 bits per heavy atom. The maximum atomic E-state index is 13.2. The van der Waals surface area contributed by atoms with Gasteiger partial charge in [-0.2, -0.15) is 15.0 Å². The van der Waals surface area contributed by atoms with Gasteiger partial charge >= 0.3 is 0 Å². The molecule has 0 aliphatic carbocycles. The highest BCUT2D eigenvalue weighted by atomic mass is 19.1. The highest BCUT2D eigenvalue weighted by Gasteiger charge is 2.10. The van der Waals surface area contributed by atoms with Gasteiger partial charge in [0.05, 0.1) is 26.4 Å². The van der Waals surface area contributed by atoms with Gasteiger partial charge < -0.3 is 36.5 Å². The molecule has 1 amide bonds. The molecule has 0 fully saturated rings. The molecule has 0 unspecified atom stereocenters. The molecule has 0 saturated heterocycles. The van der Waals surface area contributed by atoms with Crippen molar-refractivity contribution in [3.05, 3.63) is 65.5 Å². The van der Waals surface area contributed by atoms with Gasteiger partial charge in [-0.25, -0.2) is 4.39 Å². The first-order valence-corrected chi connectivity index (χ1v) is 13.4. The molecule has 0 saturated carbocycles. The maximum Gasteiger partial charge on any atom is 0.251 e. The van der Waals surface area contributed by atoms with Gasteiger partial charge in [0.2, 0.25) is 17.8 Å². The van der Waals surface area contributed by atoms with E-state index in [2.05, 4.69) is 50.1 Å². The summed E-state index contributed by atoms with van der Waals surface area (Å²) in [7, 11) is 0. The summed E-state index contributed by atoms with van der Waals surface area (Å²) >= 11 is 0. The Morgan fingerprint density at radius 1 is 0.900 bits per heavy atom. The van der Waals surface area contributed by atoms with Crippen LogP contribution in [0.4, 0.5) is 27.9 Å². The number of halogens is 1. The Morgan fingerprint density at radius 2 is 1.60 bits per heavy atom. The second kappa shape index (κ2) is 17.0. The van der Waals surface area contributed by atoms with Crippen LogP contribution in [0.15, 0.2) is 48.5 Å². The van der Waals surface area contributed by atoms with Crippen molar-refractivity contribution in [2.45, 2.75) is 26.8 Å². The number of ether oxygens (including phenoxy) is 2. The van der Waals surface area contributed by atoms with Gasteiger partial charge in [-0.1, -0.05) is 32.0 Å². The Bertz CT molecular complexity index is 1180. The van der Waals surface area contributed by atoms with Gasteiger partial charge in [-0.15, -0.1) is 0 Å². The highest BCUT2D eigenvalue weighted by molar-refractivity contribution is 5.95. The zero-order chi connectivity index (χ0) is 28.6. The Hall–Kier alpha value is -3.87. The molecule has 0 bridgehead atoms. The third kappa shape index (κ3) is 11.5. The van der Waals surface area contributed by atoms with Crippen LogP contribution in [0.5, 0.6) is 0 Å². The average molecular weight is 555 g/mol. The summed E-state index contributed by atoms with van der Waals surface area (Å²) in [5.41, 5.74) is 7.38. The van der Waals surface area contributed by atoms with E-state index in [0.717, 1.165) is 12.0 Å². The van der Waals surface area contributed by atoms with Crippen molar-refractivity contribution in [3.8, 4) is 0 Å². The van der Waals surface area contributed by atoms with Crippen LogP contribution in [-0.4, -0.2) is 66.9 Å². The number of carbonyl (C=O) groups excluding carboxylic acids is 1. The summed E-state index contributed by atoms with van der Waals surface area (Å²) in [6.07, 6.45) is 0.955. The van der Waals surface area contributed by atoms with Crippen LogP contribution in [0.3, 0.4) is 0 Å². The van der Waals surface area contributed by atoms with Crippen molar-refractivity contribution in [2.75, 3.05) is 62.0 Å². The molecule has 0 atom stereocenters. The second-order valence-corrected chi connectivity index (χ2v) is 9.37. The van der Waals surface area contributed by atoms with Crippen molar-refractivity contribution in [3.63, 3.8) is 0 Å². The van der Waals surface area contributed by atoms with Crippen LogP contribution in [0.2, 0.25) is 0 Å². The molecule has 11 nitrogen and oxygen atoms in total. The number of nitrogens with zero attached hydrogens (tertiary/aromatic N) is 3. The summed E-state index contributed by atoms with van der Waals surface area (Å²) in [4.78, 5) is 26.1. The molecular weight excluding hydrogens is 515 g/mol. The molecule has 12 heteroatoms. The minimum Gasteiger partial charge on any atom is -0.378 e. The largest absolute Gasteiger partial charge is 0.378 e. The average Bonchev–Trinajstić information content (AvgIpc) is 2.94. The van der Waals surface area contributed by atoms with E-state index in [9.17, 15) is 9.18 Å². The third-order valence-electron chi connectivity index (χ3n) is 5.55. The van der Waals surface area contributed by atoms with Crippen LogP contribution >= 0.6 is 0 Å². The normalized spacial score (nSPS) is 10.9. The van der Waals surface area contributed by atoms with E-state index >= 15 is 0 Å². The fraction of sp³-hybridized carbons (Fsp3) is 0.429. The molecular formula is C28H39FN8O3. The van der Waals surface area contributed by atoms with E-state index in [-0.39, 0.29) is 11.7 Å².